The van der Waals surface area contributed by atoms with Crippen LogP contribution >= 0.6 is 0 Å². The summed E-state index contributed by atoms with van der Waals surface area (Å²) in [5.74, 6) is 1.04. The van der Waals surface area contributed by atoms with Crippen LogP contribution in [0.2, 0.25) is 0 Å². The molecule has 130 valence electrons. The third-order valence-corrected chi connectivity index (χ3v) is 5.11. The van der Waals surface area contributed by atoms with Gasteiger partial charge in [-0.3, -0.25) is 4.90 Å². The zero-order chi connectivity index (χ0) is 17.2. The smallest absolute Gasteiger partial charge is 0.322 e. The first-order chi connectivity index (χ1) is 12.2. The lowest BCUT2D eigenvalue weighted by Gasteiger charge is -2.23. The normalized spacial score (nSPS) is 19.2. The van der Waals surface area contributed by atoms with Crippen molar-refractivity contribution in [2.24, 2.45) is 0 Å². The molecule has 0 saturated carbocycles. The van der Waals surface area contributed by atoms with E-state index in [-0.39, 0.29) is 12.1 Å². The molecule has 2 aliphatic heterocycles. The van der Waals surface area contributed by atoms with Crippen LogP contribution in [0, 0.1) is 0 Å². The maximum atomic E-state index is 12.7. The number of para-hydroxylation sites is 1. The van der Waals surface area contributed by atoms with Crippen LogP contribution in [0.5, 0.6) is 0 Å². The van der Waals surface area contributed by atoms with Crippen molar-refractivity contribution in [1.82, 2.24) is 10.3 Å². The van der Waals surface area contributed by atoms with E-state index in [1.807, 2.05) is 29.3 Å². The minimum absolute atomic E-state index is 0.0407. The highest BCUT2D eigenvalue weighted by molar-refractivity contribution is 5.94. The van der Waals surface area contributed by atoms with E-state index in [9.17, 15) is 4.79 Å². The molecule has 4 rings (SSSR count). The van der Waals surface area contributed by atoms with Crippen molar-refractivity contribution in [2.45, 2.75) is 38.8 Å². The molecule has 1 fully saturated rings. The van der Waals surface area contributed by atoms with E-state index in [2.05, 4.69) is 40.3 Å². The van der Waals surface area contributed by atoms with Crippen LogP contribution in [0.1, 0.15) is 30.9 Å². The number of hydrogen-bond donors (Lipinski definition) is 1. The number of carbonyl (C=O) groups excluding carboxylic acids is 1. The Morgan fingerprint density at radius 1 is 1.20 bits per heavy atom. The molecule has 25 heavy (non-hydrogen) atoms. The molecule has 1 unspecified atom stereocenters. The highest BCUT2D eigenvalue weighted by Crippen LogP contribution is 2.31. The van der Waals surface area contributed by atoms with Gasteiger partial charge < -0.3 is 10.2 Å². The van der Waals surface area contributed by atoms with Crippen LogP contribution in [-0.2, 0) is 13.0 Å². The second-order valence-electron chi connectivity index (χ2n) is 6.93. The maximum Gasteiger partial charge on any atom is 0.322 e. The lowest BCUT2D eigenvalue weighted by Crippen LogP contribution is -2.43. The molecule has 0 aliphatic carbocycles. The Hall–Kier alpha value is -2.56. The molecule has 5 nitrogen and oxygen atoms in total. The molecular weight excluding hydrogens is 312 g/mol. The summed E-state index contributed by atoms with van der Waals surface area (Å²) in [6, 6.07) is 12.4. The van der Waals surface area contributed by atoms with Crippen LogP contribution in [0.25, 0.3) is 0 Å². The highest BCUT2D eigenvalue weighted by atomic mass is 16.2. The lowest BCUT2D eigenvalue weighted by atomic mass is 10.1. The van der Waals surface area contributed by atoms with Crippen molar-refractivity contribution in [3.63, 3.8) is 0 Å². The van der Waals surface area contributed by atoms with Crippen LogP contribution < -0.4 is 15.1 Å². The number of anilines is 2. The summed E-state index contributed by atoms with van der Waals surface area (Å²) < 4.78 is 0. The van der Waals surface area contributed by atoms with E-state index >= 15 is 0 Å². The monoisotopic (exact) mass is 336 g/mol. The van der Waals surface area contributed by atoms with Crippen LogP contribution in [0.4, 0.5) is 16.3 Å². The molecule has 0 radical (unpaired) electrons. The zero-order valence-corrected chi connectivity index (χ0v) is 14.6. The quantitative estimate of drug-likeness (QED) is 0.935. The van der Waals surface area contributed by atoms with Gasteiger partial charge in [-0.2, -0.15) is 0 Å². The summed E-state index contributed by atoms with van der Waals surface area (Å²) in [5, 5.41) is 3.03. The molecule has 0 spiro atoms. The fourth-order valence-electron chi connectivity index (χ4n) is 3.79. The number of carbonyl (C=O) groups is 1. The van der Waals surface area contributed by atoms with E-state index in [1.165, 1.54) is 18.4 Å². The molecule has 2 aliphatic rings. The van der Waals surface area contributed by atoms with Gasteiger partial charge in [0.25, 0.3) is 0 Å². The fraction of sp³-hybridized carbons (Fsp3) is 0.400. The fourth-order valence-corrected chi connectivity index (χ4v) is 3.79. The van der Waals surface area contributed by atoms with Gasteiger partial charge in [0.2, 0.25) is 0 Å². The van der Waals surface area contributed by atoms with Gasteiger partial charge in [-0.05, 0) is 49.4 Å². The Morgan fingerprint density at radius 3 is 2.76 bits per heavy atom. The number of benzene rings is 1. The van der Waals surface area contributed by atoms with Gasteiger partial charge in [0.15, 0.2) is 0 Å². The van der Waals surface area contributed by atoms with Gasteiger partial charge in [-0.1, -0.05) is 24.3 Å². The number of urea groups is 1. The first kappa shape index (κ1) is 15.9. The number of amides is 2. The Labute approximate surface area is 148 Å². The number of nitrogens with one attached hydrogen (secondary N) is 1. The number of rotatable bonds is 3. The number of nitrogens with zero attached hydrogens (tertiary/aromatic N) is 3. The van der Waals surface area contributed by atoms with Gasteiger partial charge in [0, 0.05) is 37.6 Å². The van der Waals surface area contributed by atoms with Gasteiger partial charge in [-0.25, -0.2) is 9.78 Å². The third kappa shape index (κ3) is 3.18. The lowest BCUT2D eigenvalue weighted by molar-refractivity contribution is 0.244. The second-order valence-corrected chi connectivity index (χ2v) is 6.93. The molecule has 0 bridgehead atoms. The number of hydrogen-bond acceptors (Lipinski definition) is 3. The molecule has 1 aromatic carbocycles. The number of pyridine rings is 1. The third-order valence-electron chi connectivity index (χ3n) is 5.11. The van der Waals surface area contributed by atoms with E-state index in [0.717, 1.165) is 36.6 Å². The average molecular weight is 336 g/mol. The first-order valence-electron chi connectivity index (χ1n) is 9.07. The first-order valence-corrected chi connectivity index (χ1v) is 9.07. The van der Waals surface area contributed by atoms with Crippen molar-refractivity contribution in [1.29, 1.82) is 0 Å². The second kappa shape index (κ2) is 6.75. The molecular formula is C20H24N4O. The van der Waals surface area contributed by atoms with Gasteiger partial charge in [-0.15, -0.1) is 0 Å². The van der Waals surface area contributed by atoms with Gasteiger partial charge >= 0.3 is 6.03 Å². The summed E-state index contributed by atoms with van der Waals surface area (Å²) in [5.41, 5.74) is 3.29. The molecule has 5 heteroatoms. The largest absolute Gasteiger partial charge is 0.357 e. The SMILES string of the molecule is CC1Cc2ccccc2N1C(=O)NCc1ccc(N2CCCC2)nc1. The highest BCUT2D eigenvalue weighted by Gasteiger charge is 2.30. The molecule has 2 aromatic rings. The summed E-state index contributed by atoms with van der Waals surface area (Å²) >= 11 is 0. The predicted octanol–water partition coefficient (Wildman–Crippen LogP) is 3.34. The summed E-state index contributed by atoms with van der Waals surface area (Å²) in [6.07, 6.45) is 5.27. The zero-order valence-electron chi connectivity index (χ0n) is 14.6. The minimum atomic E-state index is -0.0407. The standard InChI is InChI=1S/C20H24N4O/c1-15-12-17-6-2-3-7-18(17)24(15)20(25)22-14-16-8-9-19(21-13-16)23-10-4-5-11-23/h2-3,6-9,13,15H,4-5,10-12,14H2,1H3,(H,22,25). The summed E-state index contributed by atoms with van der Waals surface area (Å²) in [4.78, 5) is 21.4. The molecule has 1 atom stereocenters. The van der Waals surface area contributed by atoms with Crippen molar-refractivity contribution in [3.8, 4) is 0 Å². The van der Waals surface area contributed by atoms with E-state index in [1.54, 1.807) is 0 Å². The number of fused-ring (bicyclic) bond motifs is 1. The summed E-state index contributed by atoms with van der Waals surface area (Å²) in [6.45, 7) is 4.77. The Bertz CT molecular complexity index is 753. The Morgan fingerprint density at radius 2 is 2.00 bits per heavy atom. The minimum Gasteiger partial charge on any atom is -0.357 e. The number of aromatic nitrogens is 1. The summed E-state index contributed by atoms with van der Waals surface area (Å²) in [7, 11) is 0. The Balaban J connectivity index is 1.39. The van der Waals surface area contributed by atoms with Crippen LogP contribution in [0.15, 0.2) is 42.6 Å². The van der Waals surface area contributed by atoms with Crippen LogP contribution in [0.3, 0.4) is 0 Å². The average Bonchev–Trinajstić information content (AvgIpc) is 3.27. The van der Waals surface area contributed by atoms with E-state index < -0.39 is 0 Å². The van der Waals surface area contributed by atoms with Crippen LogP contribution in [-0.4, -0.2) is 30.1 Å². The van der Waals surface area contributed by atoms with E-state index in [0.29, 0.717) is 6.54 Å². The Kier molecular flexibility index (Phi) is 4.30. The predicted molar refractivity (Wildman–Crippen MR) is 100 cm³/mol. The molecule has 3 heterocycles. The molecule has 1 aromatic heterocycles. The van der Waals surface area contributed by atoms with Crippen molar-refractivity contribution in [3.05, 3.63) is 53.7 Å². The van der Waals surface area contributed by atoms with E-state index in [4.69, 9.17) is 0 Å². The van der Waals surface area contributed by atoms with Crippen molar-refractivity contribution < 1.29 is 4.79 Å². The van der Waals surface area contributed by atoms with Gasteiger partial charge in [0.1, 0.15) is 5.82 Å². The van der Waals surface area contributed by atoms with Crippen molar-refractivity contribution >= 4 is 17.5 Å². The van der Waals surface area contributed by atoms with Gasteiger partial charge in [0.05, 0.1) is 0 Å². The maximum absolute atomic E-state index is 12.7. The molecule has 1 N–H and O–H groups in total. The van der Waals surface area contributed by atoms with Crippen molar-refractivity contribution in [2.75, 3.05) is 22.9 Å². The topological polar surface area (TPSA) is 48.5 Å². The molecule has 2 amide bonds. The molecule has 1 saturated heterocycles.